The molecule has 1 unspecified atom stereocenters. The molecule has 1 aromatic carbocycles. The molecule has 3 aliphatic rings. The smallest absolute Gasteiger partial charge is 0.255 e. The highest BCUT2D eigenvalue weighted by Crippen LogP contribution is 2.32. The molecule has 0 aromatic heterocycles. The van der Waals surface area contributed by atoms with Crippen molar-refractivity contribution in [2.45, 2.75) is 12.5 Å². The van der Waals surface area contributed by atoms with E-state index in [1.165, 1.54) is 0 Å². The molecule has 0 radical (unpaired) electrons. The summed E-state index contributed by atoms with van der Waals surface area (Å²) >= 11 is 3.51. The van der Waals surface area contributed by atoms with Gasteiger partial charge in [0.25, 0.3) is 5.91 Å². The van der Waals surface area contributed by atoms with Gasteiger partial charge in [-0.3, -0.25) is 9.59 Å². The third kappa shape index (κ3) is 3.62. The van der Waals surface area contributed by atoms with Crippen LogP contribution in [0, 0.1) is 0 Å². The van der Waals surface area contributed by atoms with E-state index in [9.17, 15) is 9.59 Å². The molecule has 4 rings (SSSR count). The summed E-state index contributed by atoms with van der Waals surface area (Å²) in [5, 5.41) is 0. The Kier molecular flexibility index (Phi) is 5.49. The number of carbonyl (C=O) groups excluding carboxylic acids is 2. The fourth-order valence-corrected chi connectivity index (χ4v) is 5.35. The van der Waals surface area contributed by atoms with E-state index >= 15 is 0 Å². The number of hydrogen-bond acceptors (Lipinski definition) is 6. The second-order valence-electron chi connectivity index (χ2n) is 6.44. The minimum Gasteiger partial charge on any atom is -0.490 e. The summed E-state index contributed by atoms with van der Waals surface area (Å²) in [6.45, 7) is 2.75. The van der Waals surface area contributed by atoms with Gasteiger partial charge in [0.05, 0.1) is 19.1 Å². The van der Waals surface area contributed by atoms with Gasteiger partial charge in [0.2, 0.25) is 5.91 Å². The molecule has 3 aliphatic heterocycles. The molecule has 0 bridgehead atoms. The standard InChI is InChI=1S/C18H22N2O4S2/c21-17(13-2-3-15-16(10-13)24-7-1-6-23-15)20-12-26-11-14(20)18(22)19-4-8-25-9-5-19/h2-3,10,14H,1,4-9,11-12H2. The predicted molar refractivity (Wildman–Crippen MR) is 103 cm³/mol. The number of thioether (sulfide) groups is 2. The van der Waals surface area contributed by atoms with Crippen molar-refractivity contribution in [1.29, 1.82) is 0 Å². The Balaban J connectivity index is 1.51. The SMILES string of the molecule is O=C(C1CSCN1C(=O)c1ccc2c(c1)OCCCO2)N1CCSCC1. The van der Waals surface area contributed by atoms with Gasteiger partial charge in [0, 0.05) is 42.3 Å². The van der Waals surface area contributed by atoms with Crippen molar-refractivity contribution in [3.8, 4) is 11.5 Å². The van der Waals surface area contributed by atoms with Crippen molar-refractivity contribution >= 4 is 35.3 Å². The molecule has 2 fully saturated rings. The molecule has 3 heterocycles. The molecular weight excluding hydrogens is 372 g/mol. The monoisotopic (exact) mass is 394 g/mol. The minimum atomic E-state index is -0.369. The van der Waals surface area contributed by atoms with Crippen molar-refractivity contribution in [1.82, 2.24) is 9.80 Å². The molecule has 8 heteroatoms. The largest absolute Gasteiger partial charge is 0.490 e. The van der Waals surface area contributed by atoms with Crippen molar-refractivity contribution in [3.63, 3.8) is 0 Å². The molecule has 0 saturated carbocycles. The minimum absolute atomic E-state index is 0.0815. The Morgan fingerprint density at radius 3 is 2.62 bits per heavy atom. The van der Waals surface area contributed by atoms with Gasteiger partial charge in [-0.2, -0.15) is 11.8 Å². The molecule has 2 saturated heterocycles. The van der Waals surface area contributed by atoms with Gasteiger partial charge in [0.15, 0.2) is 11.5 Å². The van der Waals surface area contributed by atoms with E-state index < -0.39 is 0 Å². The number of amides is 2. The Morgan fingerprint density at radius 2 is 1.81 bits per heavy atom. The lowest BCUT2D eigenvalue weighted by atomic mass is 10.1. The predicted octanol–water partition coefficient (Wildman–Crippen LogP) is 1.94. The summed E-state index contributed by atoms with van der Waals surface area (Å²) in [4.78, 5) is 29.6. The number of ether oxygens (including phenoxy) is 2. The van der Waals surface area contributed by atoms with Gasteiger partial charge in [-0.25, -0.2) is 0 Å². The molecule has 0 N–H and O–H groups in total. The lowest BCUT2D eigenvalue weighted by Gasteiger charge is -2.32. The summed E-state index contributed by atoms with van der Waals surface area (Å²) in [5.74, 6) is 4.41. The molecule has 1 aromatic rings. The number of fused-ring (bicyclic) bond motifs is 1. The topological polar surface area (TPSA) is 59.1 Å². The van der Waals surface area contributed by atoms with Crippen LogP contribution in [0.1, 0.15) is 16.8 Å². The zero-order valence-corrected chi connectivity index (χ0v) is 16.2. The summed E-state index contributed by atoms with van der Waals surface area (Å²) in [7, 11) is 0. The van der Waals surface area contributed by atoms with Gasteiger partial charge < -0.3 is 19.3 Å². The van der Waals surface area contributed by atoms with Crippen LogP contribution in [0.3, 0.4) is 0 Å². The van der Waals surface area contributed by atoms with Crippen LogP contribution in [-0.4, -0.2) is 77.1 Å². The number of carbonyl (C=O) groups is 2. The first-order valence-electron chi connectivity index (χ1n) is 8.89. The maximum absolute atomic E-state index is 13.1. The van der Waals surface area contributed by atoms with Crippen molar-refractivity contribution in [2.75, 3.05) is 49.4 Å². The van der Waals surface area contributed by atoms with Crippen LogP contribution in [0.4, 0.5) is 0 Å². The highest BCUT2D eigenvalue weighted by molar-refractivity contribution is 7.99. The quantitative estimate of drug-likeness (QED) is 0.764. The van der Waals surface area contributed by atoms with E-state index in [0.717, 1.165) is 31.0 Å². The van der Waals surface area contributed by atoms with E-state index in [1.807, 2.05) is 16.7 Å². The van der Waals surface area contributed by atoms with Gasteiger partial charge >= 0.3 is 0 Å². The van der Waals surface area contributed by atoms with E-state index in [1.54, 1.807) is 34.9 Å². The zero-order valence-electron chi connectivity index (χ0n) is 14.5. The Labute approximate surface area is 161 Å². The number of benzene rings is 1. The Bertz CT molecular complexity index is 694. The number of hydrogen-bond donors (Lipinski definition) is 0. The van der Waals surface area contributed by atoms with Crippen molar-refractivity contribution in [2.24, 2.45) is 0 Å². The maximum Gasteiger partial charge on any atom is 0.255 e. The lowest BCUT2D eigenvalue weighted by molar-refractivity contribution is -0.134. The van der Waals surface area contributed by atoms with Crippen LogP contribution >= 0.6 is 23.5 Å². The lowest BCUT2D eigenvalue weighted by Crippen LogP contribution is -2.51. The van der Waals surface area contributed by atoms with Gasteiger partial charge in [-0.05, 0) is 18.2 Å². The summed E-state index contributed by atoms with van der Waals surface area (Å²) in [5.41, 5.74) is 0.545. The zero-order chi connectivity index (χ0) is 17.9. The third-order valence-corrected chi connectivity index (χ3v) is 6.70. The molecule has 1 atom stereocenters. The van der Waals surface area contributed by atoms with Crippen LogP contribution in [0.15, 0.2) is 18.2 Å². The second-order valence-corrected chi connectivity index (χ2v) is 8.66. The molecule has 26 heavy (non-hydrogen) atoms. The van der Waals surface area contributed by atoms with Crippen LogP contribution in [0.2, 0.25) is 0 Å². The fraction of sp³-hybridized carbons (Fsp3) is 0.556. The average Bonchev–Trinajstić information content (AvgIpc) is 3.06. The molecule has 140 valence electrons. The van der Waals surface area contributed by atoms with E-state index in [-0.39, 0.29) is 17.9 Å². The number of rotatable bonds is 2. The number of nitrogens with zero attached hydrogens (tertiary/aromatic N) is 2. The van der Waals surface area contributed by atoms with Crippen LogP contribution in [0.5, 0.6) is 11.5 Å². The maximum atomic E-state index is 13.1. The average molecular weight is 395 g/mol. The molecule has 2 amide bonds. The van der Waals surface area contributed by atoms with Gasteiger partial charge in [-0.15, -0.1) is 11.8 Å². The van der Waals surface area contributed by atoms with E-state index in [4.69, 9.17) is 9.47 Å². The molecule has 0 spiro atoms. The van der Waals surface area contributed by atoms with Crippen LogP contribution < -0.4 is 9.47 Å². The van der Waals surface area contributed by atoms with Gasteiger partial charge in [0.1, 0.15) is 6.04 Å². The highest BCUT2D eigenvalue weighted by Gasteiger charge is 2.38. The van der Waals surface area contributed by atoms with Crippen LogP contribution in [-0.2, 0) is 4.79 Å². The first-order valence-corrected chi connectivity index (χ1v) is 11.2. The second kappa shape index (κ2) is 8.00. The van der Waals surface area contributed by atoms with Crippen LogP contribution in [0.25, 0.3) is 0 Å². The Morgan fingerprint density at radius 1 is 1.04 bits per heavy atom. The molecule has 0 aliphatic carbocycles. The van der Waals surface area contributed by atoms with Crippen molar-refractivity contribution < 1.29 is 19.1 Å². The molecular formula is C18H22N2O4S2. The first-order chi connectivity index (χ1) is 12.7. The summed E-state index contributed by atoms with van der Waals surface area (Å²) < 4.78 is 11.3. The molecule has 6 nitrogen and oxygen atoms in total. The van der Waals surface area contributed by atoms with E-state index in [2.05, 4.69) is 0 Å². The summed E-state index contributed by atoms with van der Waals surface area (Å²) in [6.07, 6.45) is 0.825. The normalized spacial score (nSPS) is 22.8. The third-order valence-electron chi connectivity index (χ3n) is 4.75. The highest BCUT2D eigenvalue weighted by atomic mass is 32.2. The van der Waals surface area contributed by atoms with E-state index in [0.29, 0.717) is 41.9 Å². The Hall–Kier alpha value is -1.54. The first kappa shape index (κ1) is 17.9. The summed E-state index contributed by atoms with van der Waals surface area (Å²) in [6, 6.07) is 4.92. The van der Waals surface area contributed by atoms with Gasteiger partial charge in [-0.1, -0.05) is 0 Å². The van der Waals surface area contributed by atoms with Crippen molar-refractivity contribution in [3.05, 3.63) is 23.8 Å². The fourth-order valence-electron chi connectivity index (χ4n) is 3.30.